The first-order chi connectivity index (χ1) is 9.10. The standard InChI is InChI=1S/C17H22O2/c1-4-15-8-9-16(19-15)17(18)14-7-5-6-13(11-14)10-12(2)3/h5-9,11-12,17-18H,4,10H2,1-3H3. The van der Waals surface area contributed by atoms with Gasteiger partial charge in [0, 0.05) is 6.42 Å². The number of aliphatic hydroxyl groups excluding tert-OH is 1. The fourth-order valence-electron chi connectivity index (χ4n) is 2.26. The summed E-state index contributed by atoms with van der Waals surface area (Å²) < 4.78 is 5.62. The first kappa shape index (κ1) is 13.9. The third kappa shape index (κ3) is 3.48. The molecule has 0 aliphatic rings. The number of benzene rings is 1. The molecule has 1 N–H and O–H groups in total. The van der Waals surface area contributed by atoms with Crippen molar-refractivity contribution in [2.24, 2.45) is 5.92 Å². The van der Waals surface area contributed by atoms with Gasteiger partial charge in [-0.15, -0.1) is 0 Å². The third-order valence-corrected chi connectivity index (χ3v) is 3.21. The van der Waals surface area contributed by atoms with E-state index in [0.717, 1.165) is 24.2 Å². The van der Waals surface area contributed by atoms with Gasteiger partial charge in [-0.2, -0.15) is 0 Å². The summed E-state index contributed by atoms with van der Waals surface area (Å²) in [6, 6.07) is 11.9. The lowest BCUT2D eigenvalue weighted by Crippen LogP contribution is -2.00. The highest BCUT2D eigenvalue weighted by molar-refractivity contribution is 5.30. The molecule has 2 heteroatoms. The Morgan fingerprint density at radius 3 is 2.58 bits per heavy atom. The second kappa shape index (κ2) is 6.07. The summed E-state index contributed by atoms with van der Waals surface area (Å²) in [7, 11) is 0. The number of furan rings is 1. The predicted molar refractivity (Wildman–Crippen MR) is 77.1 cm³/mol. The second-order valence-electron chi connectivity index (χ2n) is 5.40. The molecule has 1 heterocycles. The van der Waals surface area contributed by atoms with Gasteiger partial charge in [-0.3, -0.25) is 0 Å². The van der Waals surface area contributed by atoms with Crippen molar-refractivity contribution in [3.05, 3.63) is 59.0 Å². The molecule has 0 radical (unpaired) electrons. The number of aliphatic hydroxyl groups is 1. The summed E-state index contributed by atoms with van der Waals surface area (Å²) in [5.74, 6) is 2.15. The van der Waals surface area contributed by atoms with E-state index in [4.69, 9.17) is 4.42 Å². The molecule has 2 aromatic rings. The zero-order chi connectivity index (χ0) is 13.8. The molecule has 2 rings (SSSR count). The summed E-state index contributed by atoms with van der Waals surface area (Å²) >= 11 is 0. The van der Waals surface area contributed by atoms with Gasteiger partial charge in [-0.05, 0) is 35.6 Å². The lowest BCUT2D eigenvalue weighted by Gasteiger charge is -2.11. The number of rotatable bonds is 5. The molecule has 1 aromatic carbocycles. The molecule has 0 aliphatic heterocycles. The summed E-state index contributed by atoms with van der Waals surface area (Å²) in [5, 5.41) is 10.4. The Labute approximate surface area is 115 Å². The van der Waals surface area contributed by atoms with Crippen LogP contribution in [0, 0.1) is 5.92 Å². The topological polar surface area (TPSA) is 33.4 Å². The number of hydrogen-bond acceptors (Lipinski definition) is 2. The van der Waals surface area contributed by atoms with Crippen LogP contribution in [0.1, 0.15) is 49.5 Å². The molecule has 0 bridgehead atoms. The maximum Gasteiger partial charge on any atom is 0.137 e. The van der Waals surface area contributed by atoms with E-state index < -0.39 is 6.10 Å². The van der Waals surface area contributed by atoms with Gasteiger partial charge in [0.05, 0.1) is 0 Å². The Bertz CT molecular complexity index is 526. The van der Waals surface area contributed by atoms with E-state index in [2.05, 4.69) is 26.0 Å². The maximum absolute atomic E-state index is 10.4. The Morgan fingerprint density at radius 1 is 1.16 bits per heavy atom. The van der Waals surface area contributed by atoms with Crippen LogP contribution in [0.5, 0.6) is 0 Å². The van der Waals surface area contributed by atoms with Crippen LogP contribution < -0.4 is 0 Å². The summed E-state index contributed by atoms with van der Waals surface area (Å²) in [6.45, 7) is 6.44. The average Bonchev–Trinajstić information content (AvgIpc) is 2.86. The Morgan fingerprint density at radius 2 is 1.95 bits per heavy atom. The van der Waals surface area contributed by atoms with E-state index in [0.29, 0.717) is 11.7 Å². The SMILES string of the molecule is CCc1ccc(C(O)c2cccc(CC(C)C)c2)o1. The van der Waals surface area contributed by atoms with Gasteiger partial charge in [-0.25, -0.2) is 0 Å². The molecule has 0 saturated heterocycles. The highest BCUT2D eigenvalue weighted by Crippen LogP contribution is 2.25. The Hall–Kier alpha value is -1.54. The molecule has 0 fully saturated rings. The van der Waals surface area contributed by atoms with Gasteiger partial charge in [-0.1, -0.05) is 45.0 Å². The zero-order valence-electron chi connectivity index (χ0n) is 11.9. The van der Waals surface area contributed by atoms with Crippen molar-refractivity contribution in [2.45, 2.75) is 39.7 Å². The lowest BCUT2D eigenvalue weighted by molar-refractivity contribution is 0.187. The summed E-state index contributed by atoms with van der Waals surface area (Å²) in [5.41, 5.74) is 2.16. The van der Waals surface area contributed by atoms with E-state index in [1.165, 1.54) is 5.56 Å². The van der Waals surface area contributed by atoms with E-state index in [9.17, 15) is 5.11 Å². The van der Waals surface area contributed by atoms with Crippen molar-refractivity contribution in [1.29, 1.82) is 0 Å². The van der Waals surface area contributed by atoms with Crippen molar-refractivity contribution in [3.8, 4) is 0 Å². The van der Waals surface area contributed by atoms with Crippen molar-refractivity contribution >= 4 is 0 Å². The van der Waals surface area contributed by atoms with E-state index in [1.807, 2.05) is 31.2 Å². The monoisotopic (exact) mass is 258 g/mol. The first-order valence-electron chi connectivity index (χ1n) is 6.95. The Balaban J connectivity index is 2.20. The molecule has 1 atom stereocenters. The molecule has 0 aliphatic carbocycles. The van der Waals surface area contributed by atoms with Gasteiger partial charge in [0.2, 0.25) is 0 Å². The van der Waals surface area contributed by atoms with Gasteiger partial charge in [0.1, 0.15) is 17.6 Å². The van der Waals surface area contributed by atoms with Crippen LogP contribution in [-0.2, 0) is 12.8 Å². The van der Waals surface area contributed by atoms with Crippen LogP contribution in [0.25, 0.3) is 0 Å². The second-order valence-corrected chi connectivity index (χ2v) is 5.40. The molecule has 0 spiro atoms. The van der Waals surface area contributed by atoms with Crippen LogP contribution in [0.2, 0.25) is 0 Å². The molecule has 19 heavy (non-hydrogen) atoms. The molecule has 0 amide bonds. The van der Waals surface area contributed by atoms with Gasteiger partial charge >= 0.3 is 0 Å². The van der Waals surface area contributed by atoms with Crippen LogP contribution >= 0.6 is 0 Å². The predicted octanol–water partition coefficient (Wildman–Crippen LogP) is 4.12. The molecule has 1 aromatic heterocycles. The Kier molecular flexibility index (Phi) is 4.43. The molecule has 2 nitrogen and oxygen atoms in total. The molecule has 0 saturated carbocycles. The normalized spacial score (nSPS) is 12.9. The molecular weight excluding hydrogens is 236 g/mol. The number of aryl methyl sites for hydroxylation is 1. The van der Waals surface area contributed by atoms with Crippen molar-refractivity contribution in [2.75, 3.05) is 0 Å². The minimum Gasteiger partial charge on any atom is -0.463 e. The van der Waals surface area contributed by atoms with Crippen LogP contribution in [-0.4, -0.2) is 5.11 Å². The average molecular weight is 258 g/mol. The minimum absolute atomic E-state index is 0.614. The van der Waals surface area contributed by atoms with Crippen LogP contribution in [0.3, 0.4) is 0 Å². The largest absolute Gasteiger partial charge is 0.463 e. The fourth-order valence-corrected chi connectivity index (χ4v) is 2.26. The van der Waals surface area contributed by atoms with Gasteiger partial charge < -0.3 is 9.52 Å². The van der Waals surface area contributed by atoms with Crippen molar-refractivity contribution < 1.29 is 9.52 Å². The highest BCUT2D eigenvalue weighted by Gasteiger charge is 2.15. The van der Waals surface area contributed by atoms with E-state index >= 15 is 0 Å². The zero-order valence-corrected chi connectivity index (χ0v) is 11.9. The summed E-state index contributed by atoms with van der Waals surface area (Å²) in [6.07, 6.45) is 1.20. The van der Waals surface area contributed by atoms with Gasteiger partial charge in [0.25, 0.3) is 0 Å². The number of hydrogen-bond donors (Lipinski definition) is 1. The van der Waals surface area contributed by atoms with Crippen molar-refractivity contribution in [3.63, 3.8) is 0 Å². The van der Waals surface area contributed by atoms with E-state index in [-0.39, 0.29) is 0 Å². The van der Waals surface area contributed by atoms with Crippen LogP contribution in [0.4, 0.5) is 0 Å². The first-order valence-corrected chi connectivity index (χ1v) is 6.95. The molecular formula is C17H22O2. The lowest BCUT2D eigenvalue weighted by atomic mass is 9.98. The summed E-state index contributed by atoms with van der Waals surface area (Å²) in [4.78, 5) is 0. The van der Waals surface area contributed by atoms with Crippen LogP contribution in [0.15, 0.2) is 40.8 Å². The highest BCUT2D eigenvalue weighted by atomic mass is 16.4. The minimum atomic E-state index is -0.674. The fraction of sp³-hybridized carbons (Fsp3) is 0.412. The maximum atomic E-state index is 10.4. The van der Waals surface area contributed by atoms with Gasteiger partial charge in [0.15, 0.2) is 0 Å². The smallest absolute Gasteiger partial charge is 0.137 e. The molecule has 102 valence electrons. The molecule has 1 unspecified atom stereocenters. The van der Waals surface area contributed by atoms with Crippen molar-refractivity contribution in [1.82, 2.24) is 0 Å². The quantitative estimate of drug-likeness (QED) is 0.875. The third-order valence-electron chi connectivity index (χ3n) is 3.21. The van der Waals surface area contributed by atoms with E-state index in [1.54, 1.807) is 0 Å².